The molecule has 3 N–H and O–H groups in total. The highest BCUT2D eigenvalue weighted by Gasteiger charge is 2.23. The number of nitrogens with one attached hydrogen (secondary N) is 3. The number of halogens is 2. The second-order valence-electron chi connectivity index (χ2n) is 9.60. The molecule has 0 bridgehead atoms. The van der Waals surface area contributed by atoms with Gasteiger partial charge in [-0.2, -0.15) is 0 Å². The van der Waals surface area contributed by atoms with E-state index in [2.05, 4.69) is 20.9 Å². The van der Waals surface area contributed by atoms with Gasteiger partial charge < -0.3 is 16.0 Å². The monoisotopic (exact) mass is 540 g/mol. The van der Waals surface area contributed by atoms with Gasteiger partial charge in [0.2, 0.25) is 5.95 Å². The predicted molar refractivity (Wildman–Crippen MR) is 151 cm³/mol. The lowest BCUT2D eigenvalue weighted by molar-refractivity contribution is 0.0929. The molecule has 0 atom stereocenters. The molecule has 2 aliphatic rings. The van der Waals surface area contributed by atoms with Crippen LogP contribution in [0, 0.1) is 5.82 Å². The lowest BCUT2D eigenvalue weighted by Crippen LogP contribution is -2.42. The van der Waals surface area contributed by atoms with Crippen molar-refractivity contribution in [2.75, 3.05) is 18.4 Å². The molecule has 7 nitrogen and oxygen atoms in total. The van der Waals surface area contributed by atoms with E-state index < -0.39 is 0 Å². The van der Waals surface area contributed by atoms with E-state index in [1.54, 1.807) is 48.7 Å². The fourth-order valence-electron chi connectivity index (χ4n) is 4.94. The van der Waals surface area contributed by atoms with Crippen LogP contribution in [0.2, 0.25) is 5.02 Å². The van der Waals surface area contributed by atoms with Crippen molar-refractivity contribution in [1.82, 2.24) is 20.6 Å². The number of hydrogen-bond donors (Lipinski definition) is 3. The Morgan fingerprint density at radius 1 is 0.974 bits per heavy atom. The van der Waals surface area contributed by atoms with E-state index in [1.165, 1.54) is 6.07 Å². The Morgan fingerprint density at radius 3 is 2.56 bits per heavy atom. The molecular weight excluding hydrogens is 515 g/mol. The molecular formula is C30H26ClFN6O. The van der Waals surface area contributed by atoms with Crippen LogP contribution in [-0.2, 0) is 6.54 Å². The van der Waals surface area contributed by atoms with Crippen molar-refractivity contribution >= 4 is 34.9 Å². The van der Waals surface area contributed by atoms with Crippen LogP contribution in [0.25, 0.3) is 11.3 Å². The number of carbonyl (C=O) groups excluding carboxylic acids is 1. The van der Waals surface area contributed by atoms with E-state index in [0.29, 0.717) is 45.6 Å². The summed E-state index contributed by atoms with van der Waals surface area (Å²) in [6.45, 7) is 2.14. The van der Waals surface area contributed by atoms with E-state index in [9.17, 15) is 9.18 Å². The zero-order chi connectivity index (χ0) is 26.8. The number of nitrogens with zero attached hydrogens (tertiary/aromatic N) is 3. The standard InChI is InChI=1S/C30H26ClFN6O/c31-20-7-10-23-25(15-20)28(24-3-1-2-4-26(24)32)34-16-19-17-35-30(38-27(19)23)37-21-8-5-18(6-9-21)29(39)36-22-11-13-33-14-12-22/h1-10,15,17,22,33H,11-14,16H2,(H,36,39)(H,35,37,38). The number of aromatic nitrogens is 2. The Balaban J connectivity index is 1.26. The highest BCUT2D eigenvalue weighted by molar-refractivity contribution is 6.31. The minimum absolute atomic E-state index is 0.0735. The van der Waals surface area contributed by atoms with Gasteiger partial charge in [0.25, 0.3) is 5.91 Å². The summed E-state index contributed by atoms with van der Waals surface area (Å²) in [6, 6.07) is 19.5. The predicted octanol–water partition coefficient (Wildman–Crippen LogP) is 5.51. The number of fused-ring (bicyclic) bond motifs is 3. The van der Waals surface area contributed by atoms with E-state index in [1.807, 2.05) is 18.2 Å². The van der Waals surface area contributed by atoms with Gasteiger partial charge in [-0.05, 0) is 74.5 Å². The van der Waals surface area contributed by atoms with Gasteiger partial charge in [0.1, 0.15) is 5.82 Å². The number of anilines is 2. The van der Waals surface area contributed by atoms with Gasteiger partial charge in [-0.15, -0.1) is 0 Å². The van der Waals surface area contributed by atoms with Crippen LogP contribution in [0.5, 0.6) is 0 Å². The minimum atomic E-state index is -0.352. The zero-order valence-electron chi connectivity index (χ0n) is 21.0. The number of carbonyl (C=O) groups is 1. The summed E-state index contributed by atoms with van der Waals surface area (Å²) in [4.78, 5) is 26.7. The van der Waals surface area contributed by atoms with Crippen molar-refractivity contribution in [2.45, 2.75) is 25.4 Å². The lowest BCUT2D eigenvalue weighted by atomic mass is 9.95. The van der Waals surface area contributed by atoms with Crippen molar-refractivity contribution in [2.24, 2.45) is 4.99 Å². The third-order valence-corrected chi connectivity index (χ3v) is 7.21. The lowest BCUT2D eigenvalue weighted by Gasteiger charge is -2.23. The Morgan fingerprint density at radius 2 is 1.77 bits per heavy atom. The molecule has 0 aliphatic carbocycles. The Labute approximate surface area is 230 Å². The largest absolute Gasteiger partial charge is 0.349 e. The van der Waals surface area contributed by atoms with Crippen LogP contribution in [0.1, 0.15) is 39.9 Å². The fraction of sp³-hybridized carbons (Fsp3) is 0.200. The number of rotatable bonds is 5. The van der Waals surface area contributed by atoms with Crippen molar-refractivity contribution in [1.29, 1.82) is 0 Å². The smallest absolute Gasteiger partial charge is 0.251 e. The molecule has 3 aromatic carbocycles. The van der Waals surface area contributed by atoms with Gasteiger partial charge in [0.05, 0.1) is 18.0 Å². The molecule has 2 aliphatic heterocycles. The van der Waals surface area contributed by atoms with Gasteiger partial charge in [-0.25, -0.2) is 14.4 Å². The van der Waals surface area contributed by atoms with Crippen LogP contribution >= 0.6 is 11.6 Å². The molecule has 196 valence electrons. The highest BCUT2D eigenvalue weighted by atomic mass is 35.5. The summed E-state index contributed by atoms with van der Waals surface area (Å²) in [5.74, 6) is -0.0268. The maximum Gasteiger partial charge on any atom is 0.251 e. The molecule has 1 fully saturated rings. The van der Waals surface area contributed by atoms with E-state index in [-0.39, 0.29) is 17.8 Å². The molecule has 0 unspecified atom stereocenters. The van der Waals surface area contributed by atoms with Crippen molar-refractivity contribution in [3.8, 4) is 11.3 Å². The molecule has 4 aromatic rings. The van der Waals surface area contributed by atoms with Crippen LogP contribution in [-0.4, -0.2) is 40.7 Å². The molecule has 1 amide bonds. The van der Waals surface area contributed by atoms with Crippen LogP contribution in [0.4, 0.5) is 16.0 Å². The molecule has 3 heterocycles. The normalized spacial score (nSPS) is 15.0. The molecule has 1 aromatic heterocycles. The van der Waals surface area contributed by atoms with Crippen LogP contribution in [0.3, 0.4) is 0 Å². The Kier molecular flexibility index (Phi) is 7.04. The summed E-state index contributed by atoms with van der Waals surface area (Å²) < 4.78 is 14.8. The summed E-state index contributed by atoms with van der Waals surface area (Å²) in [5.41, 5.74) is 5.31. The first-order chi connectivity index (χ1) is 19.0. The SMILES string of the molecule is O=C(NC1CCNCC1)c1ccc(Nc2ncc3c(n2)-c2ccc(Cl)cc2C(c2ccccc2F)=NC3)cc1. The number of benzene rings is 3. The second-order valence-corrected chi connectivity index (χ2v) is 10.0. The zero-order valence-corrected chi connectivity index (χ0v) is 21.8. The minimum Gasteiger partial charge on any atom is -0.349 e. The number of amides is 1. The first-order valence-corrected chi connectivity index (χ1v) is 13.3. The Hall–Kier alpha value is -4.14. The fourth-order valence-corrected chi connectivity index (χ4v) is 5.11. The topological polar surface area (TPSA) is 91.3 Å². The van der Waals surface area contributed by atoms with Gasteiger partial charge in [0, 0.05) is 50.8 Å². The van der Waals surface area contributed by atoms with E-state index in [0.717, 1.165) is 42.7 Å². The number of hydrogen-bond acceptors (Lipinski definition) is 6. The molecule has 0 saturated carbocycles. The van der Waals surface area contributed by atoms with Gasteiger partial charge >= 0.3 is 0 Å². The van der Waals surface area contributed by atoms with Gasteiger partial charge in [0.15, 0.2) is 0 Å². The average molecular weight is 541 g/mol. The first-order valence-electron chi connectivity index (χ1n) is 12.9. The van der Waals surface area contributed by atoms with E-state index >= 15 is 0 Å². The maximum atomic E-state index is 14.8. The molecule has 6 rings (SSSR count). The van der Waals surface area contributed by atoms with Gasteiger partial charge in [-0.3, -0.25) is 9.79 Å². The summed E-state index contributed by atoms with van der Waals surface area (Å²) >= 11 is 6.35. The Bertz CT molecular complexity index is 1570. The summed E-state index contributed by atoms with van der Waals surface area (Å²) in [5, 5.41) is 10.2. The average Bonchev–Trinajstić information content (AvgIpc) is 3.10. The third kappa shape index (κ3) is 5.39. The summed E-state index contributed by atoms with van der Waals surface area (Å²) in [6.07, 6.45) is 3.60. The maximum absolute atomic E-state index is 14.8. The second kappa shape index (κ2) is 10.9. The van der Waals surface area contributed by atoms with Crippen molar-refractivity contribution < 1.29 is 9.18 Å². The van der Waals surface area contributed by atoms with Gasteiger partial charge in [-0.1, -0.05) is 29.8 Å². The molecule has 9 heteroatoms. The summed E-state index contributed by atoms with van der Waals surface area (Å²) in [7, 11) is 0. The third-order valence-electron chi connectivity index (χ3n) is 6.97. The number of aliphatic imine (C=N–C) groups is 1. The number of piperidine rings is 1. The van der Waals surface area contributed by atoms with Crippen molar-refractivity contribution in [3.05, 3.63) is 106 Å². The van der Waals surface area contributed by atoms with Crippen LogP contribution < -0.4 is 16.0 Å². The van der Waals surface area contributed by atoms with E-state index in [4.69, 9.17) is 21.6 Å². The molecule has 39 heavy (non-hydrogen) atoms. The van der Waals surface area contributed by atoms with Crippen molar-refractivity contribution in [3.63, 3.8) is 0 Å². The molecule has 0 radical (unpaired) electrons. The molecule has 1 saturated heterocycles. The van der Waals surface area contributed by atoms with Crippen LogP contribution in [0.15, 0.2) is 77.9 Å². The highest BCUT2D eigenvalue weighted by Crippen LogP contribution is 2.34. The molecule has 0 spiro atoms. The quantitative estimate of drug-likeness (QED) is 0.310. The first kappa shape index (κ1) is 25.2.